The molecular formula is C24H17N5O. The van der Waals surface area contributed by atoms with Crippen molar-refractivity contribution in [3.05, 3.63) is 97.0 Å². The van der Waals surface area contributed by atoms with Gasteiger partial charge in [-0.3, -0.25) is 4.98 Å². The second kappa shape index (κ2) is 7.97. The van der Waals surface area contributed by atoms with Gasteiger partial charge >= 0.3 is 0 Å². The fraction of sp³-hybridized carbons (Fsp3) is 0. The van der Waals surface area contributed by atoms with Gasteiger partial charge in [0.1, 0.15) is 12.1 Å². The summed E-state index contributed by atoms with van der Waals surface area (Å²) in [6.07, 6.45) is 12.4. The van der Waals surface area contributed by atoms with Gasteiger partial charge in [-0.15, -0.1) is 0 Å². The first-order chi connectivity index (χ1) is 14.8. The summed E-state index contributed by atoms with van der Waals surface area (Å²) in [6, 6.07) is 18.0. The quantitative estimate of drug-likeness (QED) is 0.421. The Morgan fingerprint density at radius 1 is 0.833 bits per heavy atom. The lowest BCUT2D eigenvalue weighted by atomic mass is 10.1. The van der Waals surface area contributed by atoms with Gasteiger partial charge in [-0.25, -0.2) is 15.0 Å². The van der Waals surface area contributed by atoms with Gasteiger partial charge in [0.25, 0.3) is 0 Å². The van der Waals surface area contributed by atoms with Crippen LogP contribution in [0.3, 0.4) is 0 Å². The number of aromatic nitrogens is 4. The van der Waals surface area contributed by atoms with E-state index in [1.165, 1.54) is 6.39 Å². The average molecular weight is 391 g/mol. The molecule has 0 spiro atoms. The molecule has 0 amide bonds. The van der Waals surface area contributed by atoms with E-state index in [1.807, 2.05) is 48.5 Å². The normalized spacial score (nSPS) is 11.2. The zero-order chi connectivity index (χ0) is 20.2. The molecule has 6 nitrogen and oxygen atoms in total. The van der Waals surface area contributed by atoms with Crippen molar-refractivity contribution in [3.8, 4) is 11.3 Å². The van der Waals surface area contributed by atoms with Crippen molar-refractivity contribution in [1.29, 1.82) is 0 Å². The molecule has 1 N–H and O–H groups in total. The average Bonchev–Trinajstić information content (AvgIpc) is 3.34. The summed E-state index contributed by atoms with van der Waals surface area (Å²) in [5.74, 6) is 1.46. The Labute approximate surface area is 173 Å². The minimum atomic E-state index is 0.717. The molecule has 0 unspecified atom stereocenters. The Hall–Kier alpha value is -4.32. The minimum absolute atomic E-state index is 0.717. The molecule has 2 aromatic carbocycles. The van der Waals surface area contributed by atoms with Crippen molar-refractivity contribution >= 4 is 34.6 Å². The van der Waals surface area contributed by atoms with Crippen LogP contribution in [-0.4, -0.2) is 19.9 Å². The number of benzene rings is 2. The number of hydrogen-bond donors (Lipinski definition) is 1. The molecule has 0 aliphatic rings. The lowest BCUT2D eigenvalue weighted by molar-refractivity contribution is 0.572. The zero-order valence-corrected chi connectivity index (χ0v) is 15.9. The van der Waals surface area contributed by atoms with E-state index in [0.717, 1.165) is 44.9 Å². The molecule has 5 aromatic rings. The maximum atomic E-state index is 5.40. The summed E-state index contributed by atoms with van der Waals surface area (Å²) < 4.78 is 5.40. The number of rotatable bonds is 5. The number of nitrogens with zero attached hydrogens (tertiary/aromatic N) is 4. The molecule has 0 atom stereocenters. The second-order valence-electron chi connectivity index (χ2n) is 6.68. The van der Waals surface area contributed by atoms with Crippen LogP contribution in [0.25, 0.3) is 34.4 Å². The molecule has 0 fully saturated rings. The van der Waals surface area contributed by atoms with E-state index in [1.54, 1.807) is 24.9 Å². The van der Waals surface area contributed by atoms with E-state index in [0.29, 0.717) is 0 Å². The first kappa shape index (κ1) is 17.8. The summed E-state index contributed by atoms with van der Waals surface area (Å²) in [5.41, 5.74) is 4.88. The Morgan fingerprint density at radius 2 is 1.73 bits per heavy atom. The van der Waals surface area contributed by atoms with Gasteiger partial charge < -0.3 is 9.73 Å². The highest BCUT2D eigenvalue weighted by molar-refractivity contribution is 5.93. The van der Waals surface area contributed by atoms with Crippen molar-refractivity contribution < 1.29 is 4.42 Å². The second-order valence-corrected chi connectivity index (χ2v) is 6.68. The number of oxazole rings is 1. The van der Waals surface area contributed by atoms with Crippen molar-refractivity contribution in [2.75, 3.05) is 5.32 Å². The number of hydrogen-bond acceptors (Lipinski definition) is 6. The first-order valence-corrected chi connectivity index (χ1v) is 9.44. The molecule has 5 rings (SSSR count). The van der Waals surface area contributed by atoms with Crippen LogP contribution >= 0.6 is 0 Å². The highest BCUT2D eigenvalue weighted by Crippen LogP contribution is 2.27. The fourth-order valence-corrected chi connectivity index (χ4v) is 3.19. The van der Waals surface area contributed by atoms with Crippen LogP contribution in [0.5, 0.6) is 0 Å². The van der Waals surface area contributed by atoms with E-state index >= 15 is 0 Å². The molecule has 3 heterocycles. The summed E-state index contributed by atoms with van der Waals surface area (Å²) >= 11 is 0. The lowest BCUT2D eigenvalue weighted by Crippen LogP contribution is -1.96. The molecule has 30 heavy (non-hydrogen) atoms. The molecule has 6 heteroatoms. The van der Waals surface area contributed by atoms with Gasteiger partial charge in [0.2, 0.25) is 0 Å². The highest BCUT2D eigenvalue weighted by Gasteiger charge is 2.07. The van der Waals surface area contributed by atoms with Crippen molar-refractivity contribution in [3.63, 3.8) is 0 Å². The van der Waals surface area contributed by atoms with E-state index in [9.17, 15) is 0 Å². The molecule has 3 aromatic heterocycles. The van der Waals surface area contributed by atoms with E-state index in [4.69, 9.17) is 4.42 Å². The first-order valence-electron chi connectivity index (χ1n) is 9.44. The number of nitrogens with one attached hydrogen (secondary N) is 1. The van der Waals surface area contributed by atoms with Gasteiger partial charge in [-0.05, 0) is 47.5 Å². The van der Waals surface area contributed by atoms with Gasteiger partial charge in [-0.2, -0.15) is 0 Å². The van der Waals surface area contributed by atoms with E-state index in [2.05, 4.69) is 43.5 Å². The van der Waals surface area contributed by atoms with Crippen molar-refractivity contribution in [2.45, 2.75) is 0 Å². The molecule has 144 valence electrons. The number of fused-ring (bicyclic) bond motifs is 1. The largest absolute Gasteiger partial charge is 0.444 e. The van der Waals surface area contributed by atoms with E-state index < -0.39 is 0 Å². The third-order valence-electron chi connectivity index (χ3n) is 4.68. The van der Waals surface area contributed by atoms with Crippen LogP contribution in [0.15, 0.2) is 90.3 Å². The summed E-state index contributed by atoms with van der Waals surface area (Å²) in [7, 11) is 0. The third-order valence-corrected chi connectivity index (χ3v) is 4.68. The van der Waals surface area contributed by atoms with Crippen LogP contribution < -0.4 is 5.32 Å². The van der Waals surface area contributed by atoms with Crippen molar-refractivity contribution in [1.82, 2.24) is 19.9 Å². The summed E-state index contributed by atoms with van der Waals surface area (Å²) in [5, 5.41) is 4.35. The van der Waals surface area contributed by atoms with Gasteiger partial charge in [0, 0.05) is 29.0 Å². The number of pyridine rings is 1. The van der Waals surface area contributed by atoms with Gasteiger partial charge in [-0.1, -0.05) is 30.4 Å². The Morgan fingerprint density at radius 3 is 2.60 bits per heavy atom. The van der Waals surface area contributed by atoms with Crippen LogP contribution in [0.1, 0.15) is 11.1 Å². The Kier molecular flexibility index (Phi) is 4.72. The molecule has 0 aliphatic heterocycles. The smallest absolute Gasteiger partial charge is 0.181 e. The predicted molar refractivity (Wildman–Crippen MR) is 118 cm³/mol. The maximum absolute atomic E-state index is 5.40. The SMILES string of the molecule is C(=C\c1ccc2ncnc(Nc3cccc(-c4cnco4)c3)c2c1)/c1ccncc1. The molecule has 0 saturated heterocycles. The molecular weight excluding hydrogens is 374 g/mol. The standard InChI is InChI=1S/C24H17N5O/c1-2-19(23-14-26-16-30-23)13-20(3-1)29-24-21-12-18(6-7-22(21)27-15-28-24)5-4-17-8-10-25-11-9-17/h1-16H,(H,27,28,29)/b5-4+. The Bertz CT molecular complexity index is 1310. The Balaban J connectivity index is 1.47. The lowest BCUT2D eigenvalue weighted by Gasteiger charge is -2.10. The molecule has 0 aliphatic carbocycles. The van der Waals surface area contributed by atoms with Crippen LogP contribution in [0.4, 0.5) is 11.5 Å². The van der Waals surface area contributed by atoms with Gasteiger partial charge in [0.15, 0.2) is 12.2 Å². The van der Waals surface area contributed by atoms with Crippen LogP contribution in [0, 0.1) is 0 Å². The molecule has 0 radical (unpaired) electrons. The van der Waals surface area contributed by atoms with Crippen LogP contribution in [-0.2, 0) is 0 Å². The highest BCUT2D eigenvalue weighted by atomic mass is 16.3. The summed E-state index contributed by atoms with van der Waals surface area (Å²) in [4.78, 5) is 16.9. The molecule has 0 bridgehead atoms. The zero-order valence-electron chi connectivity index (χ0n) is 15.9. The van der Waals surface area contributed by atoms with E-state index in [-0.39, 0.29) is 0 Å². The minimum Gasteiger partial charge on any atom is -0.444 e. The van der Waals surface area contributed by atoms with Crippen LogP contribution in [0.2, 0.25) is 0 Å². The fourth-order valence-electron chi connectivity index (χ4n) is 3.19. The monoisotopic (exact) mass is 391 g/mol. The number of anilines is 2. The third kappa shape index (κ3) is 3.79. The molecule has 0 saturated carbocycles. The summed E-state index contributed by atoms with van der Waals surface area (Å²) in [6.45, 7) is 0. The topological polar surface area (TPSA) is 76.7 Å². The van der Waals surface area contributed by atoms with Crippen molar-refractivity contribution in [2.24, 2.45) is 0 Å². The maximum Gasteiger partial charge on any atom is 0.181 e. The predicted octanol–water partition coefficient (Wildman–Crippen LogP) is 5.59. The van der Waals surface area contributed by atoms with Gasteiger partial charge in [0.05, 0.1) is 11.7 Å².